The second kappa shape index (κ2) is 16.1. The molecule has 0 aliphatic heterocycles. The van der Waals surface area contributed by atoms with Crippen molar-refractivity contribution in [3.63, 3.8) is 0 Å². The molecule has 0 heterocycles. The minimum absolute atomic E-state index is 0.134. The fraction of sp³-hybridized carbons (Fsp3) is 0.643. The SMILES string of the molecule is COC(=O)CCCCCC[C@H]1C(=O)CC[C@@H]1C/C=C/CCCCC[S+]([O-])c1ccc(C)cc1. The van der Waals surface area contributed by atoms with E-state index in [1.165, 1.54) is 12.7 Å². The molecule has 1 fully saturated rings. The minimum Gasteiger partial charge on any atom is -0.611 e. The number of rotatable bonds is 16. The second-order valence-corrected chi connectivity index (χ2v) is 10.9. The van der Waals surface area contributed by atoms with Crippen LogP contribution in [0, 0.1) is 18.8 Å². The maximum absolute atomic E-state index is 12.3. The second-order valence-electron chi connectivity index (χ2n) is 9.32. The molecule has 5 heteroatoms. The van der Waals surface area contributed by atoms with E-state index in [0.717, 1.165) is 87.7 Å². The standard InChI is InChI=1S/C28H42O4S/c1-23-16-19-25(20-17-23)33(31)22-12-8-4-3-5-9-13-24-18-21-27(29)26(24)14-10-6-7-11-15-28(30)32-2/h5,9,16-17,19-20,24,26H,3-4,6-8,10-15,18,21-22H2,1-2H3/b9-5+/t24-,26+,33?/m0/s1. The molecule has 0 bridgehead atoms. The lowest BCUT2D eigenvalue weighted by molar-refractivity contribution is -0.140. The first-order valence-corrected chi connectivity index (χ1v) is 14.0. The maximum Gasteiger partial charge on any atom is 0.305 e. The quantitative estimate of drug-likeness (QED) is 0.115. The van der Waals surface area contributed by atoms with Gasteiger partial charge in [-0.15, -0.1) is 0 Å². The van der Waals surface area contributed by atoms with Crippen molar-refractivity contribution in [3.8, 4) is 0 Å². The van der Waals surface area contributed by atoms with Crippen molar-refractivity contribution < 1.29 is 18.9 Å². The van der Waals surface area contributed by atoms with E-state index >= 15 is 0 Å². The minimum atomic E-state index is -0.888. The number of methoxy groups -OCH3 is 1. The van der Waals surface area contributed by atoms with Crippen LogP contribution in [-0.2, 0) is 25.5 Å². The number of unbranched alkanes of at least 4 members (excludes halogenated alkanes) is 6. The normalized spacial score (nSPS) is 19.3. The summed E-state index contributed by atoms with van der Waals surface area (Å²) in [6.07, 6.45) is 17.1. The van der Waals surface area contributed by atoms with Crippen LogP contribution in [0.4, 0.5) is 0 Å². The summed E-state index contributed by atoms with van der Waals surface area (Å²) in [5.74, 6) is 1.78. The van der Waals surface area contributed by atoms with Gasteiger partial charge in [-0.25, -0.2) is 0 Å². The molecule has 0 N–H and O–H groups in total. The van der Waals surface area contributed by atoms with Crippen molar-refractivity contribution >= 4 is 22.9 Å². The Kier molecular flexibility index (Phi) is 13.5. The molecule has 1 unspecified atom stereocenters. The van der Waals surface area contributed by atoms with E-state index in [4.69, 9.17) is 0 Å². The van der Waals surface area contributed by atoms with Gasteiger partial charge in [-0.2, -0.15) is 0 Å². The fourth-order valence-electron chi connectivity index (χ4n) is 4.61. The Balaban J connectivity index is 1.53. The molecule has 1 aromatic rings. The Morgan fingerprint density at radius 2 is 1.79 bits per heavy atom. The number of carbonyl (C=O) groups is 2. The van der Waals surface area contributed by atoms with E-state index in [1.807, 2.05) is 31.2 Å². The topological polar surface area (TPSA) is 66.4 Å². The summed E-state index contributed by atoms with van der Waals surface area (Å²) >= 11 is -0.888. The van der Waals surface area contributed by atoms with Gasteiger partial charge >= 0.3 is 5.97 Å². The summed E-state index contributed by atoms with van der Waals surface area (Å²) in [6.45, 7) is 2.04. The van der Waals surface area contributed by atoms with Crippen LogP contribution in [0.1, 0.15) is 89.0 Å². The molecule has 0 aromatic heterocycles. The number of esters is 1. The number of aryl methyl sites for hydroxylation is 1. The summed E-state index contributed by atoms with van der Waals surface area (Å²) in [5.41, 5.74) is 1.20. The monoisotopic (exact) mass is 474 g/mol. The Labute approximate surface area is 203 Å². The lowest BCUT2D eigenvalue weighted by atomic mass is 9.87. The van der Waals surface area contributed by atoms with E-state index in [2.05, 4.69) is 16.9 Å². The smallest absolute Gasteiger partial charge is 0.305 e. The lowest BCUT2D eigenvalue weighted by Gasteiger charge is -2.16. The van der Waals surface area contributed by atoms with Crippen LogP contribution in [0.25, 0.3) is 0 Å². The van der Waals surface area contributed by atoms with Gasteiger partial charge in [-0.3, -0.25) is 9.59 Å². The first-order chi connectivity index (χ1) is 16.0. The summed E-state index contributed by atoms with van der Waals surface area (Å²) in [6, 6.07) is 7.99. The van der Waals surface area contributed by atoms with Crippen molar-refractivity contribution in [2.45, 2.75) is 95.3 Å². The molecule has 184 valence electrons. The van der Waals surface area contributed by atoms with E-state index in [1.54, 1.807) is 0 Å². The lowest BCUT2D eigenvalue weighted by Crippen LogP contribution is -2.14. The Hall–Kier alpha value is -1.59. The molecule has 0 amide bonds. The number of Topliss-reactive ketones (excluding diaryl/α,β-unsaturated/α-hetero) is 1. The van der Waals surface area contributed by atoms with E-state index in [9.17, 15) is 14.1 Å². The molecular weight excluding hydrogens is 432 g/mol. The predicted octanol–water partition coefficient (Wildman–Crippen LogP) is 6.72. The predicted molar refractivity (Wildman–Crippen MR) is 136 cm³/mol. The van der Waals surface area contributed by atoms with Crippen LogP contribution in [0.3, 0.4) is 0 Å². The first-order valence-electron chi connectivity index (χ1n) is 12.7. The fourth-order valence-corrected chi connectivity index (χ4v) is 5.76. The van der Waals surface area contributed by atoms with Gasteiger partial charge in [0.15, 0.2) is 4.90 Å². The van der Waals surface area contributed by atoms with Crippen molar-refractivity contribution in [2.75, 3.05) is 12.9 Å². The molecule has 1 aliphatic rings. The molecule has 1 aliphatic carbocycles. The van der Waals surface area contributed by atoms with Crippen molar-refractivity contribution in [3.05, 3.63) is 42.0 Å². The molecule has 4 nitrogen and oxygen atoms in total. The number of ether oxygens (including phenoxy) is 1. The number of hydrogen-bond donors (Lipinski definition) is 0. The highest BCUT2D eigenvalue weighted by molar-refractivity contribution is 7.91. The molecule has 2 rings (SSSR count). The third-order valence-corrected chi connectivity index (χ3v) is 8.17. The zero-order valence-electron chi connectivity index (χ0n) is 20.6. The van der Waals surface area contributed by atoms with Gasteiger partial charge in [0, 0.05) is 18.8 Å². The number of hydrogen-bond acceptors (Lipinski definition) is 4. The Morgan fingerprint density at radius 3 is 2.55 bits per heavy atom. The number of benzene rings is 1. The number of carbonyl (C=O) groups excluding carboxylic acids is 2. The van der Waals surface area contributed by atoms with Gasteiger partial charge in [0.05, 0.1) is 7.11 Å². The highest BCUT2D eigenvalue weighted by Gasteiger charge is 2.32. The summed E-state index contributed by atoms with van der Waals surface area (Å²) in [7, 11) is 1.43. The van der Waals surface area contributed by atoms with Crippen molar-refractivity contribution in [1.29, 1.82) is 0 Å². The molecule has 1 saturated carbocycles. The zero-order valence-corrected chi connectivity index (χ0v) is 21.4. The molecule has 33 heavy (non-hydrogen) atoms. The van der Waals surface area contributed by atoms with E-state index in [0.29, 0.717) is 18.1 Å². The van der Waals surface area contributed by atoms with Crippen LogP contribution in [0.5, 0.6) is 0 Å². The molecule has 1 aromatic carbocycles. The molecule has 3 atom stereocenters. The van der Waals surface area contributed by atoms with Crippen LogP contribution in [-0.4, -0.2) is 29.2 Å². The number of ketones is 1. The third kappa shape index (κ3) is 10.9. The maximum atomic E-state index is 12.3. The van der Waals surface area contributed by atoms with Crippen LogP contribution in [0.15, 0.2) is 41.3 Å². The Bertz CT molecular complexity index is 728. The van der Waals surface area contributed by atoms with Gasteiger partial charge in [0.25, 0.3) is 0 Å². The third-order valence-electron chi connectivity index (χ3n) is 6.71. The van der Waals surface area contributed by atoms with Crippen molar-refractivity contribution in [2.24, 2.45) is 11.8 Å². The van der Waals surface area contributed by atoms with Gasteiger partial charge < -0.3 is 9.29 Å². The van der Waals surface area contributed by atoms with E-state index in [-0.39, 0.29) is 11.9 Å². The first kappa shape index (κ1) is 27.7. The van der Waals surface area contributed by atoms with E-state index < -0.39 is 11.2 Å². The average Bonchev–Trinajstić information content (AvgIpc) is 3.17. The van der Waals surface area contributed by atoms with Gasteiger partial charge in [0.2, 0.25) is 0 Å². The molecular formula is C28H42O4S. The molecule has 0 saturated heterocycles. The molecule has 0 radical (unpaired) electrons. The number of allylic oxidation sites excluding steroid dienone is 2. The summed E-state index contributed by atoms with van der Waals surface area (Å²) in [5, 5.41) is 0. The summed E-state index contributed by atoms with van der Waals surface area (Å²) in [4.78, 5) is 24.4. The van der Waals surface area contributed by atoms with Crippen LogP contribution >= 0.6 is 0 Å². The largest absolute Gasteiger partial charge is 0.611 e. The van der Waals surface area contributed by atoms with Crippen LogP contribution < -0.4 is 0 Å². The zero-order chi connectivity index (χ0) is 23.9. The van der Waals surface area contributed by atoms with Crippen LogP contribution in [0.2, 0.25) is 0 Å². The highest BCUT2D eigenvalue weighted by Crippen LogP contribution is 2.35. The van der Waals surface area contributed by atoms with Crippen molar-refractivity contribution in [1.82, 2.24) is 0 Å². The Morgan fingerprint density at radius 1 is 1.06 bits per heavy atom. The molecule has 0 spiro atoms. The summed E-state index contributed by atoms with van der Waals surface area (Å²) < 4.78 is 17.0. The van der Waals surface area contributed by atoms with Gasteiger partial charge in [-0.05, 0) is 87.5 Å². The average molecular weight is 475 g/mol. The van der Waals surface area contributed by atoms with Gasteiger partial charge in [-0.1, -0.05) is 49.1 Å². The van der Waals surface area contributed by atoms with Gasteiger partial charge in [0.1, 0.15) is 11.5 Å². The highest BCUT2D eigenvalue weighted by atomic mass is 32.2.